The fourth-order valence-corrected chi connectivity index (χ4v) is 5.21. The van der Waals surface area contributed by atoms with Gasteiger partial charge in [-0.05, 0) is 61.9 Å². The zero-order valence-corrected chi connectivity index (χ0v) is 17.0. The molecule has 0 spiro atoms. The number of thiazole rings is 1. The molecule has 0 atom stereocenters. The van der Waals surface area contributed by atoms with Gasteiger partial charge in [-0.3, -0.25) is 4.79 Å². The molecule has 1 amide bonds. The van der Waals surface area contributed by atoms with Crippen molar-refractivity contribution in [3.05, 3.63) is 51.7 Å². The highest BCUT2D eigenvalue weighted by atomic mass is 32.1. The number of amides is 1. The number of piperidine rings is 1. The van der Waals surface area contributed by atoms with Crippen LogP contribution in [0.1, 0.15) is 29.1 Å². The summed E-state index contributed by atoms with van der Waals surface area (Å²) in [6.45, 7) is 4.24. The Morgan fingerprint density at radius 3 is 2.63 bits per heavy atom. The number of nitrogens with one attached hydrogen (secondary N) is 1. The van der Waals surface area contributed by atoms with Crippen LogP contribution in [0, 0.1) is 6.92 Å². The largest absolute Gasteiger partial charge is 0.372 e. The van der Waals surface area contributed by atoms with Crippen LogP contribution in [0.15, 0.2) is 41.8 Å². The first-order valence-corrected chi connectivity index (χ1v) is 11.0. The lowest BCUT2D eigenvalue weighted by Crippen LogP contribution is -2.29. The van der Waals surface area contributed by atoms with Crippen molar-refractivity contribution >= 4 is 40.0 Å². The summed E-state index contributed by atoms with van der Waals surface area (Å²) >= 11 is 3.26. The molecule has 1 fully saturated rings. The topological polar surface area (TPSA) is 45.2 Å². The summed E-state index contributed by atoms with van der Waals surface area (Å²) in [5, 5.41) is 6.06. The van der Waals surface area contributed by atoms with Crippen LogP contribution in [0.3, 0.4) is 0 Å². The van der Waals surface area contributed by atoms with Crippen molar-refractivity contribution < 1.29 is 4.79 Å². The molecule has 0 saturated carbocycles. The normalized spacial score (nSPS) is 14.3. The Kier molecular flexibility index (Phi) is 5.55. The first-order chi connectivity index (χ1) is 13.2. The standard InChI is InChI=1S/C21H23N3OS2/c1-15-22-21(18-6-5-13-26-18)19(27-15)14-20(25)23-16-7-9-17(10-8-16)24-11-3-2-4-12-24/h5-10,13H,2-4,11-12,14H2,1H3,(H,23,25). The van der Waals surface area contributed by atoms with Gasteiger partial charge >= 0.3 is 0 Å². The molecule has 1 saturated heterocycles. The Bertz CT molecular complexity index is 894. The predicted octanol–water partition coefficient (Wildman–Crippen LogP) is 5.35. The van der Waals surface area contributed by atoms with E-state index in [1.165, 1.54) is 24.9 Å². The smallest absolute Gasteiger partial charge is 0.229 e. The van der Waals surface area contributed by atoms with Crippen molar-refractivity contribution in [3.63, 3.8) is 0 Å². The number of carbonyl (C=O) groups excluding carboxylic acids is 1. The molecule has 0 unspecified atom stereocenters. The Morgan fingerprint density at radius 2 is 1.93 bits per heavy atom. The van der Waals surface area contributed by atoms with Crippen LogP contribution in [0.5, 0.6) is 0 Å². The van der Waals surface area contributed by atoms with E-state index in [1.807, 2.05) is 30.5 Å². The number of anilines is 2. The predicted molar refractivity (Wildman–Crippen MR) is 115 cm³/mol. The number of aryl methyl sites for hydroxylation is 1. The molecule has 2 aromatic heterocycles. The van der Waals surface area contributed by atoms with Crippen LogP contribution in [-0.4, -0.2) is 24.0 Å². The highest BCUT2D eigenvalue weighted by Crippen LogP contribution is 2.31. The van der Waals surface area contributed by atoms with E-state index in [0.717, 1.165) is 39.2 Å². The van der Waals surface area contributed by atoms with Crippen LogP contribution in [0.2, 0.25) is 0 Å². The molecule has 4 rings (SSSR count). The summed E-state index contributed by atoms with van der Waals surface area (Å²) < 4.78 is 0. The summed E-state index contributed by atoms with van der Waals surface area (Å²) in [4.78, 5) is 21.7. The highest BCUT2D eigenvalue weighted by molar-refractivity contribution is 7.15. The minimum atomic E-state index is 0.00202. The van der Waals surface area contributed by atoms with E-state index in [2.05, 4.69) is 33.4 Å². The van der Waals surface area contributed by atoms with Crippen LogP contribution in [0.25, 0.3) is 10.6 Å². The lowest BCUT2D eigenvalue weighted by molar-refractivity contribution is -0.115. The van der Waals surface area contributed by atoms with Gasteiger partial charge in [0.05, 0.1) is 22.0 Å². The van der Waals surface area contributed by atoms with Gasteiger partial charge in [0.15, 0.2) is 0 Å². The van der Waals surface area contributed by atoms with Gasteiger partial charge in [0.1, 0.15) is 0 Å². The second kappa shape index (κ2) is 8.23. The van der Waals surface area contributed by atoms with Crippen molar-refractivity contribution in [2.45, 2.75) is 32.6 Å². The highest BCUT2D eigenvalue weighted by Gasteiger charge is 2.16. The lowest BCUT2D eigenvalue weighted by Gasteiger charge is -2.28. The molecule has 3 heterocycles. The molecule has 3 aromatic rings. The number of hydrogen-bond acceptors (Lipinski definition) is 5. The Balaban J connectivity index is 1.41. The summed E-state index contributed by atoms with van der Waals surface area (Å²) in [6.07, 6.45) is 4.21. The van der Waals surface area contributed by atoms with Gasteiger partial charge in [-0.2, -0.15) is 0 Å². The van der Waals surface area contributed by atoms with Gasteiger partial charge in [0, 0.05) is 29.3 Å². The van der Waals surface area contributed by atoms with E-state index in [1.54, 1.807) is 22.7 Å². The zero-order chi connectivity index (χ0) is 18.6. The Labute approximate surface area is 167 Å². The summed E-state index contributed by atoms with van der Waals surface area (Å²) in [6, 6.07) is 12.3. The maximum atomic E-state index is 12.6. The second-order valence-corrected chi connectivity index (χ2v) is 9.04. The molecular weight excluding hydrogens is 374 g/mol. The van der Waals surface area contributed by atoms with Crippen molar-refractivity contribution in [3.8, 4) is 10.6 Å². The molecule has 4 nitrogen and oxygen atoms in total. The molecule has 1 aromatic carbocycles. The van der Waals surface area contributed by atoms with Crippen LogP contribution in [-0.2, 0) is 11.2 Å². The van der Waals surface area contributed by atoms with Gasteiger partial charge in [-0.1, -0.05) is 6.07 Å². The van der Waals surface area contributed by atoms with Gasteiger partial charge in [0.25, 0.3) is 0 Å². The molecule has 1 aliphatic heterocycles. The molecule has 140 valence electrons. The van der Waals surface area contributed by atoms with Crippen LogP contribution in [0.4, 0.5) is 11.4 Å². The molecule has 1 N–H and O–H groups in total. The van der Waals surface area contributed by atoms with Crippen molar-refractivity contribution in [1.82, 2.24) is 4.98 Å². The fraction of sp³-hybridized carbons (Fsp3) is 0.333. The Hall–Kier alpha value is -2.18. The van der Waals surface area contributed by atoms with Crippen molar-refractivity contribution in [1.29, 1.82) is 0 Å². The third-order valence-electron chi connectivity index (χ3n) is 4.75. The summed E-state index contributed by atoms with van der Waals surface area (Å²) in [7, 11) is 0. The van der Waals surface area contributed by atoms with Crippen molar-refractivity contribution in [2.24, 2.45) is 0 Å². The number of thiophene rings is 1. The number of carbonyl (C=O) groups is 1. The van der Waals surface area contributed by atoms with Gasteiger partial charge in [-0.15, -0.1) is 22.7 Å². The maximum Gasteiger partial charge on any atom is 0.229 e. The Morgan fingerprint density at radius 1 is 1.15 bits per heavy atom. The molecule has 0 radical (unpaired) electrons. The first kappa shape index (κ1) is 18.2. The molecule has 0 aliphatic carbocycles. The SMILES string of the molecule is Cc1nc(-c2cccs2)c(CC(=O)Nc2ccc(N3CCCCC3)cc2)s1. The molecule has 0 bridgehead atoms. The maximum absolute atomic E-state index is 12.6. The van der Waals surface area contributed by atoms with Crippen LogP contribution < -0.4 is 10.2 Å². The fourth-order valence-electron chi connectivity index (χ4n) is 3.45. The number of hydrogen-bond donors (Lipinski definition) is 1. The average Bonchev–Trinajstić information content (AvgIpc) is 3.32. The summed E-state index contributed by atoms with van der Waals surface area (Å²) in [5.41, 5.74) is 3.04. The molecule has 6 heteroatoms. The molecule has 27 heavy (non-hydrogen) atoms. The monoisotopic (exact) mass is 397 g/mol. The lowest BCUT2D eigenvalue weighted by atomic mass is 10.1. The molecular formula is C21H23N3OS2. The minimum absolute atomic E-state index is 0.00202. The third-order valence-corrected chi connectivity index (χ3v) is 6.60. The quantitative estimate of drug-likeness (QED) is 0.631. The summed E-state index contributed by atoms with van der Waals surface area (Å²) in [5.74, 6) is 0.00202. The van der Waals surface area contributed by atoms with Gasteiger partial charge in [-0.25, -0.2) is 4.98 Å². The van der Waals surface area contributed by atoms with Crippen LogP contribution >= 0.6 is 22.7 Å². The van der Waals surface area contributed by atoms with E-state index in [4.69, 9.17) is 0 Å². The van der Waals surface area contributed by atoms with E-state index in [9.17, 15) is 4.79 Å². The number of aromatic nitrogens is 1. The van der Waals surface area contributed by atoms with E-state index in [-0.39, 0.29) is 5.91 Å². The second-order valence-electron chi connectivity index (χ2n) is 6.80. The average molecular weight is 398 g/mol. The number of nitrogens with zero attached hydrogens (tertiary/aromatic N) is 2. The zero-order valence-electron chi connectivity index (χ0n) is 15.4. The molecule has 1 aliphatic rings. The third kappa shape index (κ3) is 4.39. The van der Waals surface area contributed by atoms with E-state index >= 15 is 0 Å². The number of rotatable bonds is 5. The van der Waals surface area contributed by atoms with Crippen molar-refractivity contribution in [2.75, 3.05) is 23.3 Å². The minimum Gasteiger partial charge on any atom is -0.372 e. The van der Waals surface area contributed by atoms with Gasteiger partial charge < -0.3 is 10.2 Å². The van der Waals surface area contributed by atoms with Gasteiger partial charge in [0.2, 0.25) is 5.91 Å². The van der Waals surface area contributed by atoms with E-state index < -0.39 is 0 Å². The number of benzene rings is 1. The van der Waals surface area contributed by atoms with E-state index in [0.29, 0.717) is 6.42 Å². The first-order valence-electron chi connectivity index (χ1n) is 9.34.